The first-order valence-corrected chi connectivity index (χ1v) is 6.96. The molecule has 0 N–H and O–H groups in total. The molecule has 1 heterocycles. The highest BCUT2D eigenvalue weighted by molar-refractivity contribution is 7.92. The van der Waals surface area contributed by atoms with Crippen LogP contribution in [0.3, 0.4) is 0 Å². The minimum atomic E-state index is -3.29. The number of aryl methyl sites for hydroxylation is 1. The summed E-state index contributed by atoms with van der Waals surface area (Å²) in [6.07, 6.45) is 1.37. The fraction of sp³-hybridized carbons (Fsp3) is 0.417. The van der Waals surface area contributed by atoms with E-state index in [0.29, 0.717) is 6.42 Å². The van der Waals surface area contributed by atoms with E-state index in [2.05, 4.69) is 4.74 Å². The minimum absolute atomic E-state index is 0.277. The van der Waals surface area contributed by atoms with Crippen LogP contribution in [0.5, 0.6) is 0 Å². The van der Waals surface area contributed by atoms with E-state index in [9.17, 15) is 13.2 Å². The van der Waals surface area contributed by atoms with E-state index in [1.54, 1.807) is 19.1 Å². The van der Waals surface area contributed by atoms with Gasteiger partial charge in [0.25, 0.3) is 0 Å². The van der Waals surface area contributed by atoms with Crippen LogP contribution in [-0.4, -0.2) is 26.7 Å². The highest BCUT2D eigenvalue weighted by atomic mass is 32.2. The van der Waals surface area contributed by atoms with Crippen LogP contribution in [0.2, 0.25) is 0 Å². The number of fused-ring (bicyclic) bond motifs is 1. The second-order valence-electron chi connectivity index (χ2n) is 4.21. The van der Waals surface area contributed by atoms with Crippen molar-refractivity contribution < 1.29 is 17.9 Å². The monoisotopic (exact) mass is 254 g/mol. The Hall–Kier alpha value is -1.36. The summed E-state index contributed by atoms with van der Waals surface area (Å²) in [4.78, 5) is 11.7. The van der Waals surface area contributed by atoms with E-state index >= 15 is 0 Å². The van der Waals surface area contributed by atoms with Gasteiger partial charge in [0.1, 0.15) is 0 Å². The maximum atomic E-state index is 12.1. The average molecular weight is 254 g/mol. The SMILES string of the molecule is COC(=O)c1ccc2c(c1)S(=O)(=O)C(C)CC2. The Labute approximate surface area is 101 Å². The molecule has 0 saturated heterocycles. The molecule has 0 fully saturated rings. The molecule has 1 aromatic rings. The summed E-state index contributed by atoms with van der Waals surface area (Å²) in [5.41, 5.74) is 1.07. The molecule has 1 unspecified atom stereocenters. The third kappa shape index (κ3) is 1.95. The first kappa shape index (κ1) is 12.1. The molecule has 0 aliphatic carbocycles. The molecule has 0 radical (unpaired) electrons. The van der Waals surface area contributed by atoms with Crippen molar-refractivity contribution in [1.29, 1.82) is 0 Å². The molecule has 0 amide bonds. The number of sulfone groups is 1. The smallest absolute Gasteiger partial charge is 0.337 e. The van der Waals surface area contributed by atoms with E-state index in [4.69, 9.17) is 0 Å². The summed E-state index contributed by atoms with van der Waals surface area (Å²) in [5.74, 6) is -0.513. The van der Waals surface area contributed by atoms with Crippen molar-refractivity contribution >= 4 is 15.8 Å². The molecule has 1 aliphatic heterocycles. The standard InChI is InChI=1S/C12H14O4S/c1-8-3-4-9-5-6-10(12(13)16-2)7-11(9)17(8,14)15/h5-8H,3-4H2,1-2H3. The summed E-state index contributed by atoms with van der Waals surface area (Å²) in [7, 11) is -2.02. The highest BCUT2D eigenvalue weighted by Crippen LogP contribution is 2.30. The average Bonchev–Trinajstić information content (AvgIpc) is 2.33. The minimum Gasteiger partial charge on any atom is -0.465 e. The normalized spacial score (nSPS) is 21.6. The summed E-state index contributed by atoms with van der Waals surface area (Å²) in [6, 6.07) is 4.73. The predicted octanol–water partition coefficient (Wildman–Crippen LogP) is 1.58. The van der Waals surface area contributed by atoms with Gasteiger partial charge in [0, 0.05) is 0 Å². The number of methoxy groups -OCH3 is 1. The lowest BCUT2D eigenvalue weighted by Gasteiger charge is -2.22. The van der Waals surface area contributed by atoms with Crippen LogP contribution in [0.1, 0.15) is 29.3 Å². The van der Waals surface area contributed by atoms with Gasteiger partial charge in [-0.05, 0) is 37.5 Å². The van der Waals surface area contributed by atoms with E-state index in [-0.39, 0.29) is 15.7 Å². The molecule has 1 aromatic carbocycles. The largest absolute Gasteiger partial charge is 0.465 e. The molecule has 1 atom stereocenters. The number of esters is 1. The van der Waals surface area contributed by atoms with Gasteiger partial charge in [-0.1, -0.05) is 6.07 Å². The van der Waals surface area contributed by atoms with Crippen molar-refractivity contribution in [3.05, 3.63) is 29.3 Å². The maximum Gasteiger partial charge on any atom is 0.337 e. The van der Waals surface area contributed by atoms with Crippen LogP contribution in [0.15, 0.2) is 23.1 Å². The molecular formula is C12H14O4S. The van der Waals surface area contributed by atoms with E-state index in [1.165, 1.54) is 13.2 Å². The van der Waals surface area contributed by atoms with Crippen LogP contribution in [0.25, 0.3) is 0 Å². The van der Waals surface area contributed by atoms with Crippen molar-refractivity contribution in [2.45, 2.75) is 29.9 Å². The highest BCUT2D eigenvalue weighted by Gasteiger charge is 2.31. The lowest BCUT2D eigenvalue weighted by atomic mass is 10.1. The van der Waals surface area contributed by atoms with Crippen molar-refractivity contribution in [1.82, 2.24) is 0 Å². The Morgan fingerprint density at radius 2 is 2.12 bits per heavy atom. The van der Waals surface area contributed by atoms with Crippen LogP contribution in [-0.2, 0) is 21.0 Å². The Balaban J connectivity index is 2.58. The zero-order valence-corrected chi connectivity index (χ0v) is 10.6. The Morgan fingerprint density at radius 3 is 2.76 bits per heavy atom. The summed E-state index contributed by atoms with van der Waals surface area (Å²) in [5, 5.41) is -0.386. The number of ether oxygens (including phenoxy) is 1. The second kappa shape index (κ2) is 4.14. The van der Waals surface area contributed by atoms with E-state index < -0.39 is 15.8 Å². The van der Waals surface area contributed by atoms with Crippen molar-refractivity contribution in [3.8, 4) is 0 Å². The molecule has 1 aliphatic rings. The van der Waals surface area contributed by atoms with E-state index in [1.807, 2.05) is 0 Å². The maximum absolute atomic E-state index is 12.1. The van der Waals surface area contributed by atoms with Crippen LogP contribution in [0.4, 0.5) is 0 Å². The fourth-order valence-corrected chi connectivity index (χ4v) is 3.69. The van der Waals surface area contributed by atoms with Crippen LogP contribution < -0.4 is 0 Å². The first-order valence-electron chi connectivity index (χ1n) is 5.42. The van der Waals surface area contributed by atoms with Gasteiger partial charge in [-0.15, -0.1) is 0 Å². The zero-order valence-electron chi connectivity index (χ0n) is 9.76. The van der Waals surface area contributed by atoms with Crippen molar-refractivity contribution in [2.24, 2.45) is 0 Å². The molecule has 17 heavy (non-hydrogen) atoms. The van der Waals surface area contributed by atoms with Gasteiger partial charge in [-0.25, -0.2) is 13.2 Å². The number of hydrogen-bond donors (Lipinski definition) is 0. The van der Waals surface area contributed by atoms with Gasteiger partial charge in [-0.2, -0.15) is 0 Å². The number of benzene rings is 1. The molecule has 0 bridgehead atoms. The van der Waals surface area contributed by atoms with Gasteiger partial charge >= 0.3 is 5.97 Å². The molecule has 0 aromatic heterocycles. The zero-order chi connectivity index (χ0) is 12.6. The van der Waals surface area contributed by atoms with Crippen LogP contribution in [0, 0.1) is 0 Å². The van der Waals surface area contributed by atoms with Crippen molar-refractivity contribution in [3.63, 3.8) is 0 Å². The number of carbonyl (C=O) groups excluding carboxylic acids is 1. The van der Waals surface area contributed by atoms with Crippen molar-refractivity contribution in [2.75, 3.05) is 7.11 Å². The number of carbonyl (C=O) groups is 1. The van der Waals surface area contributed by atoms with Gasteiger partial charge in [0.15, 0.2) is 9.84 Å². The second-order valence-corrected chi connectivity index (χ2v) is 6.54. The quantitative estimate of drug-likeness (QED) is 0.714. The first-order chi connectivity index (χ1) is 7.96. The predicted molar refractivity (Wildman–Crippen MR) is 62.8 cm³/mol. The topological polar surface area (TPSA) is 60.4 Å². The Morgan fingerprint density at radius 1 is 1.41 bits per heavy atom. The lowest BCUT2D eigenvalue weighted by molar-refractivity contribution is 0.0600. The third-order valence-electron chi connectivity index (χ3n) is 3.14. The molecule has 5 heteroatoms. The summed E-state index contributed by atoms with van der Waals surface area (Å²) >= 11 is 0. The molecule has 2 rings (SSSR count). The number of rotatable bonds is 1. The van der Waals surface area contributed by atoms with Gasteiger partial charge in [-0.3, -0.25) is 0 Å². The summed E-state index contributed by atoms with van der Waals surface area (Å²) < 4.78 is 28.8. The molecule has 92 valence electrons. The van der Waals surface area contributed by atoms with Crippen LogP contribution >= 0.6 is 0 Å². The van der Waals surface area contributed by atoms with Gasteiger partial charge < -0.3 is 4.74 Å². The molecular weight excluding hydrogens is 240 g/mol. The van der Waals surface area contributed by atoms with E-state index in [0.717, 1.165) is 12.0 Å². The molecule has 4 nitrogen and oxygen atoms in total. The Kier molecular flexibility index (Phi) is 2.95. The fourth-order valence-electron chi connectivity index (χ4n) is 2.00. The Bertz CT molecular complexity index is 560. The van der Waals surface area contributed by atoms with Gasteiger partial charge in [0.2, 0.25) is 0 Å². The lowest BCUT2D eigenvalue weighted by Crippen LogP contribution is -2.25. The number of hydrogen-bond acceptors (Lipinski definition) is 4. The molecule has 0 saturated carbocycles. The van der Waals surface area contributed by atoms with Gasteiger partial charge in [0.05, 0.1) is 22.8 Å². The molecule has 0 spiro atoms. The summed E-state index contributed by atoms with van der Waals surface area (Å²) in [6.45, 7) is 1.70. The third-order valence-corrected chi connectivity index (χ3v) is 5.43.